The molecule has 0 aromatic carbocycles. The van der Waals surface area contributed by atoms with Gasteiger partial charge in [0.2, 0.25) is 5.91 Å². The molecule has 0 heterocycles. The summed E-state index contributed by atoms with van der Waals surface area (Å²) in [6.07, 6.45) is 12.5. The van der Waals surface area contributed by atoms with Crippen LogP contribution in [0.15, 0.2) is 0 Å². The zero-order chi connectivity index (χ0) is 21.1. The van der Waals surface area contributed by atoms with Crippen LogP contribution in [0.4, 0.5) is 0 Å². The zero-order valence-electron chi connectivity index (χ0n) is 20.2. The van der Waals surface area contributed by atoms with Crippen molar-refractivity contribution in [1.82, 2.24) is 9.80 Å². The number of fused-ring (bicyclic) bond motifs is 5. The van der Waals surface area contributed by atoms with Crippen LogP contribution in [0, 0.1) is 40.4 Å². The lowest BCUT2D eigenvalue weighted by molar-refractivity contribution is -0.139. The normalized spacial score (nSPS) is 47.9. The molecule has 9 atom stereocenters. The molecule has 0 N–H and O–H groups in total. The molecule has 0 aliphatic heterocycles. The highest BCUT2D eigenvalue weighted by molar-refractivity contribution is 5.73. The summed E-state index contributed by atoms with van der Waals surface area (Å²) in [4.78, 5) is 16.4. The minimum Gasteiger partial charge on any atom is -0.343 e. The van der Waals surface area contributed by atoms with Gasteiger partial charge in [-0.05, 0) is 119 Å². The summed E-state index contributed by atoms with van der Waals surface area (Å²) in [7, 11) is 6.57. The van der Waals surface area contributed by atoms with E-state index in [1.807, 2.05) is 11.9 Å². The number of carbonyl (C=O) groups excluding carboxylic acids is 1. The molecule has 29 heavy (non-hydrogen) atoms. The average Bonchev–Trinajstić information content (AvgIpc) is 3.03. The van der Waals surface area contributed by atoms with E-state index in [4.69, 9.17) is 0 Å². The van der Waals surface area contributed by atoms with Crippen LogP contribution < -0.4 is 0 Å². The highest BCUT2D eigenvalue weighted by Crippen LogP contribution is 2.68. The van der Waals surface area contributed by atoms with Gasteiger partial charge < -0.3 is 9.80 Å². The topological polar surface area (TPSA) is 23.6 Å². The first-order chi connectivity index (χ1) is 13.6. The number of amides is 1. The lowest BCUT2D eigenvalue weighted by atomic mass is 9.44. The van der Waals surface area contributed by atoms with Crippen molar-refractivity contribution in [2.45, 2.75) is 97.6 Å². The lowest BCUT2D eigenvalue weighted by Gasteiger charge is -2.62. The Hall–Kier alpha value is -0.570. The van der Waals surface area contributed by atoms with Gasteiger partial charge in [0.25, 0.3) is 0 Å². The van der Waals surface area contributed by atoms with Crippen LogP contribution in [-0.2, 0) is 4.79 Å². The maximum Gasteiger partial charge on any atom is 0.219 e. The summed E-state index contributed by atoms with van der Waals surface area (Å²) in [6, 6.07) is 1.18. The van der Waals surface area contributed by atoms with E-state index in [0.717, 1.165) is 29.6 Å². The molecule has 1 amide bonds. The van der Waals surface area contributed by atoms with Gasteiger partial charge in [0.05, 0.1) is 0 Å². The standard InChI is InChI=1S/C26H46N2O/c1-17(27(5)6)22-10-11-23-21-9-8-19-16-20(28(7)18(2)29)12-14-25(19,3)24(21)13-15-26(22,23)4/h17,19-24H,8-16H2,1-7H3/t17?,19?,20?,21-,22+,23-,24-,25-,26+/m0/s1. The molecule has 4 aliphatic carbocycles. The molecule has 4 saturated carbocycles. The first-order valence-corrected chi connectivity index (χ1v) is 12.5. The van der Waals surface area contributed by atoms with Crippen LogP contribution in [0.1, 0.15) is 85.5 Å². The van der Waals surface area contributed by atoms with Crippen LogP contribution in [0.5, 0.6) is 0 Å². The number of nitrogens with zero attached hydrogens (tertiary/aromatic N) is 2. The molecule has 3 unspecified atom stereocenters. The highest BCUT2D eigenvalue weighted by atomic mass is 16.2. The Balaban J connectivity index is 1.52. The number of hydrogen-bond donors (Lipinski definition) is 0. The van der Waals surface area contributed by atoms with Crippen molar-refractivity contribution in [1.29, 1.82) is 0 Å². The van der Waals surface area contributed by atoms with E-state index in [-0.39, 0.29) is 5.91 Å². The second-order valence-electron chi connectivity index (χ2n) is 12.1. The molecular formula is C26H46N2O. The monoisotopic (exact) mass is 402 g/mol. The first-order valence-electron chi connectivity index (χ1n) is 12.5. The van der Waals surface area contributed by atoms with Crippen LogP contribution in [-0.4, -0.2) is 48.9 Å². The quantitative estimate of drug-likeness (QED) is 0.627. The molecule has 3 heteroatoms. The molecular weight excluding hydrogens is 356 g/mol. The Morgan fingerprint density at radius 2 is 1.55 bits per heavy atom. The van der Waals surface area contributed by atoms with E-state index in [1.165, 1.54) is 57.8 Å². The van der Waals surface area contributed by atoms with Crippen LogP contribution in [0.3, 0.4) is 0 Å². The Morgan fingerprint density at radius 1 is 0.897 bits per heavy atom. The Kier molecular flexibility index (Phi) is 5.63. The number of rotatable bonds is 3. The van der Waals surface area contributed by atoms with E-state index < -0.39 is 0 Å². The van der Waals surface area contributed by atoms with Gasteiger partial charge in [0, 0.05) is 26.1 Å². The van der Waals surface area contributed by atoms with E-state index in [0.29, 0.717) is 22.9 Å². The largest absolute Gasteiger partial charge is 0.343 e. The predicted molar refractivity (Wildman–Crippen MR) is 121 cm³/mol. The molecule has 0 aromatic rings. The molecule has 166 valence electrons. The maximum absolute atomic E-state index is 11.9. The van der Waals surface area contributed by atoms with Crippen molar-refractivity contribution < 1.29 is 4.79 Å². The second-order valence-corrected chi connectivity index (χ2v) is 12.1. The van der Waals surface area contributed by atoms with E-state index >= 15 is 0 Å². The number of carbonyl (C=O) groups is 1. The van der Waals surface area contributed by atoms with Gasteiger partial charge in [-0.25, -0.2) is 0 Å². The van der Waals surface area contributed by atoms with Gasteiger partial charge in [-0.15, -0.1) is 0 Å². The van der Waals surface area contributed by atoms with Crippen molar-refractivity contribution in [3.63, 3.8) is 0 Å². The first kappa shape index (κ1) is 21.7. The molecule has 0 saturated heterocycles. The summed E-state index contributed by atoms with van der Waals surface area (Å²) in [6.45, 7) is 9.52. The van der Waals surface area contributed by atoms with Crippen molar-refractivity contribution in [3.05, 3.63) is 0 Å². The maximum atomic E-state index is 11.9. The molecule has 0 radical (unpaired) electrons. The van der Waals surface area contributed by atoms with Crippen LogP contribution >= 0.6 is 0 Å². The fourth-order valence-electron chi connectivity index (χ4n) is 9.04. The third-order valence-electron chi connectivity index (χ3n) is 11.2. The van der Waals surface area contributed by atoms with Gasteiger partial charge >= 0.3 is 0 Å². The summed E-state index contributed by atoms with van der Waals surface area (Å²) in [5, 5.41) is 0. The SMILES string of the molecule is CC(=O)N(C)C1CC[C@@]2(C)C(CC[C@H]3[C@@H]4CC[C@H](C(C)N(C)C)[C@@]4(C)CC[C@@H]32)C1. The highest BCUT2D eigenvalue weighted by Gasteiger charge is 2.60. The Morgan fingerprint density at radius 3 is 2.21 bits per heavy atom. The van der Waals surface area contributed by atoms with Crippen molar-refractivity contribution in [2.75, 3.05) is 21.1 Å². The van der Waals surface area contributed by atoms with Crippen LogP contribution in [0.2, 0.25) is 0 Å². The average molecular weight is 403 g/mol. The van der Waals surface area contributed by atoms with Gasteiger partial charge in [-0.3, -0.25) is 4.79 Å². The van der Waals surface area contributed by atoms with E-state index in [9.17, 15) is 4.79 Å². The predicted octanol–water partition coefficient (Wildman–Crippen LogP) is 5.44. The lowest BCUT2D eigenvalue weighted by Crippen LogP contribution is -2.56. The minimum atomic E-state index is 0.243. The van der Waals surface area contributed by atoms with Gasteiger partial charge in [0.1, 0.15) is 0 Å². The Bertz CT molecular complexity index is 632. The molecule has 4 aliphatic rings. The number of hydrogen-bond acceptors (Lipinski definition) is 2. The Labute approximate surface area is 180 Å². The summed E-state index contributed by atoms with van der Waals surface area (Å²) < 4.78 is 0. The van der Waals surface area contributed by atoms with E-state index in [2.05, 4.69) is 39.8 Å². The zero-order valence-corrected chi connectivity index (χ0v) is 20.2. The van der Waals surface area contributed by atoms with Gasteiger partial charge in [-0.1, -0.05) is 13.8 Å². The van der Waals surface area contributed by atoms with Crippen molar-refractivity contribution in [2.24, 2.45) is 40.4 Å². The third-order valence-corrected chi connectivity index (χ3v) is 11.2. The summed E-state index contributed by atoms with van der Waals surface area (Å²) >= 11 is 0. The second kappa shape index (κ2) is 7.53. The molecule has 4 fully saturated rings. The van der Waals surface area contributed by atoms with E-state index in [1.54, 1.807) is 6.92 Å². The minimum absolute atomic E-state index is 0.243. The summed E-state index contributed by atoms with van der Waals surface area (Å²) in [5.41, 5.74) is 1.07. The molecule has 3 nitrogen and oxygen atoms in total. The molecule has 4 rings (SSSR count). The van der Waals surface area contributed by atoms with Gasteiger partial charge in [-0.2, -0.15) is 0 Å². The molecule has 0 aromatic heterocycles. The smallest absolute Gasteiger partial charge is 0.219 e. The fourth-order valence-corrected chi connectivity index (χ4v) is 9.04. The van der Waals surface area contributed by atoms with Gasteiger partial charge in [0.15, 0.2) is 0 Å². The van der Waals surface area contributed by atoms with Crippen LogP contribution in [0.25, 0.3) is 0 Å². The van der Waals surface area contributed by atoms with Crippen molar-refractivity contribution in [3.8, 4) is 0 Å². The molecule has 0 spiro atoms. The molecule has 0 bridgehead atoms. The van der Waals surface area contributed by atoms with Crippen molar-refractivity contribution >= 4 is 5.91 Å². The fraction of sp³-hybridized carbons (Fsp3) is 0.962. The third kappa shape index (κ3) is 3.29. The summed E-state index contributed by atoms with van der Waals surface area (Å²) in [5.74, 6) is 4.77.